The molecule has 0 spiro atoms. The van der Waals surface area contributed by atoms with Crippen molar-refractivity contribution in [2.75, 3.05) is 14.2 Å². The lowest BCUT2D eigenvalue weighted by molar-refractivity contribution is -0.0498. The highest BCUT2D eigenvalue weighted by atomic mass is 79.9. The number of benzene rings is 1. The standard InChI is InChI=1S/C14H17BrN2O2/c1-18-13-7-6-10(8-11(13)15)12-4-3-5-14(19-2)17(12)9-16/h6-8,12,14H,3-5H2,1-2H3. The van der Waals surface area contributed by atoms with Gasteiger partial charge in [-0.15, -0.1) is 0 Å². The van der Waals surface area contributed by atoms with Crippen molar-refractivity contribution < 1.29 is 9.47 Å². The molecule has 0 saturated carbocycles. The van der Waals surface area contributed by atoms with Gasteiger partial charge >= 0.3 is 0 Å². The molecule has 2 unspecified atom stereocenters. The SMILES string of the molecule is COc1ccc(C2CCCC(OC)N2C#N)cc1Br. The third-order valence-electron chi connectivity index (χ3n) is 3.52. The Kier molecular flexibility index (Phi) is 4.67. The van der Waals surface area contributed by atoms with Crippen molar-refractivity contribution >= 4 is 15.9 Å². The van der Waals surface area contributed by atoms with E-state index in [0.717, 1.165) is 35.0 Å². The summed E-state index contributed by atoms with van der Waals surface area (Å²) in [6.07, 6.45) is 5.07. The average molecular weight is 325 g/mol. The monoisotopic (exact) mass is 324 g/mol. The van der Waals surface area contributed by atoms with Crippen molar-refractivity contribution in [3.05, 3.63) is 28.2 Å². The second-order valence-electron chi connectivity index (χ2n) is 4.54. The van der Waals surface area contributed by atoms with Gasteiger partial charge in [0.05, 0.1) is 17.6 Å². The van der Waals surface area contributed by atoms with Crippen LogP contribution in [0.15, 0.2) is 22.7 Å². The number of nitrogens with zero attached hydrogens (tertiary/aromatic N) is 2. The zero-order valence-electron chi connectivity index (χ0n) is 11.1. The van der Waals surface area contributed by atoms with E-state index in [9.17, 15) is 5.26 Å². The average Bonchev–Trinajstić information content (AvgIpc) is 2.46. The summed E-state index contributed by atoms with van der Waals surface area (Å²) >= 11 is 3.49. The molecule has 0 amide bonds. The Labute approximate surface area is 122 Å². The molecule has 1 aromatic rings. The van der Waals surface area contributed by atoms with E-state index in [1.165, 1.54) is 0 Å². The second kappa shape index (κ2) is 6.27. The van der Waals surface area contributed by atoms with Gasteiger partial charge in [0.15, 0.2) is 6.19 Å². The molecule has 2 atom stereocenters. The lowest BCUT2D eigenvalue weighted by atomic mass is 9.95. The van der Waals surface area contributed by atoms with Crippen molar-refractivity contribution in [1.82, 2.24) is 4.90 Å². The van der Waals surface area contributed by atoms with Crippen LogP contribution in [0.3, 0.4) is 0 Å². The zero-order chi connectivity index (χ0) is 13.8. The molecule has 0 aliphatic carbocycles. The van der Waals surface area contributed by atoms with E-state index in [1.807, 2.05) is 18.2 Å². The fourth-order valence-corrected chi connectivity index (χ4v) is 3.11. The maximum atomic E-state index is 9.35. The Morgan fingerprint density at radius 2 is 2.16 bits per heavy atom. The Hall–Kier alpha value is -1.25. The number of ether oxygens (including phenoxy) is 2. The predicted molar refractivity (Wildman–Crippen MR) is 75.5 cm³/mol. The first-order valence-corrected chi connectivity index (χ1v) is 7.05. The van der Waals surface area contributed by atoms with Crippen molar-refractivity contribution in [1.29, 1.82) is 5.26 Å². The van der Waals surface area contributed by atoms with Crippen molar-refractivity contribution in [2.45, 2.75) is 31.5 Å². The number of methoxy groups -OCH3 is 2. The van der Waals surface area contributed by atoms with E-state index in [0.29, 0.717) is 0 Å². The van der Waals surface area contributed by atoms with Crippen LogP contribution >= 0.6 is 15.9 Å². The van der Waals surface area contributed by atoms with Crippen LogP contribution in [0.4, 0.5) is 0 Å². The highest BCUT2D eigenvalue weighted by Crippen LogP contribution is 2.36. The third kappa shape index (κ3) is 2.85. The summed E-state index contributed by atoms with van der Waals surface area (Å²) < 4.78 is 11.5. The molecule has 0 aromatic heterocycles. The summed E-state index contributed by atoms with van der Waals surface area (Å²) in [5.41, 5.74) is 1.11. The van der Waals surface area contributed by atoms with E-state index in [2.05, 4.69) is 22.1 Å². The van der Waals surface area contributed by atoms with Crippen LogP contribution in [0.1, 0.15) is 30.9 Å². The normalized spacial score (nSPS) is 22.9. The minimum absolute atomic E-state index is 0.0749. The van der Waals surface area contributed by atoms with Gasteiger partial charge < -0.3 is 9.47 Å². The number of rotatable bonds is 3. The number of hydrogen-bond donors (Lipinski definition) is 0. The lowest BCUT2D eigenvalue weighted by Crippen LogP contribution is -2.39. The van der Waals surface area contributed by atoms with Gasteiger partial charge in [-0.1, -0.05) is 6.07 Å². The molecule has 4 nitrogen and oxygen atoms in total. The molecule has 5 heteroatoms. The van der Waals surface area contributed by atoms with Gasteiger partial charge in [-0.3, -0.25) is 4.90 Å². The minimum atomic E-state index is -0.121. The summed E-state index contributed by atoms with van der Waals surface area (Å²) in [6.45, 7) is 0. The topological polar surface area (TPSA) is 45.5 Å². The van der Waals surface area contributed by atoms with E-state index < -0.39 is 0 Å². The molecule has 0 N–H and O–H groups in total. The van der Waals surface area contributed by atoms with Gasteiger partial charge in [0.1, 0.15) is 12.0 Å². The van der Waals surface area contributed by atoms with Crippen LogP contribution in [0.5, 0.6) is 5.75 Å². The molecule has 1 fully saturated rings. The van der Waals surface area contributed by atoms with Crippen LogP contribution in [-0.2, 0) is 4.74 Å². The lowest BCUT2D eigenvalue weighted by Gasteiger charge is -2.37. The van der Waals surface area contributed by atoms with Gasteiger partial charge in [0, 0.05) is 7.11 Å². The Balaban J connectivity index is 2.29. The maximum Gasteiger partial charge on any atom is 0.182 e. The molecular weight excluding hydrogens is 308 g/mol. The van der Waals surface area contributed by atoms with Gasteiger partial charge in [0.25, 0.3) is 0 Å². The summed E-state index contributed by atoms with van der Waals surface area (Å²) in [5.74, 6) is 0.798. The Morgan fingerprint density at radius 3 is 2.74 bits per heavy atom. The summed E-state index contributed by atoms with van der Waals surface area (Å²) in [5, 5.41) is 9.35. The van der Waals surface area contributed by atoms with E-state index in [-0.39, 0.29) is 12.3 Å². The molecule has 1 saturated heterocycles. The second-order valence-corrected chi connectivity index (χ2v) is 5.39. The first-order valence-electron chi connectivity index (χ1n) is 6.25. The van der Waals surface area contributed by atoms with E-state index in [4.69, 9.17) is 9.47 Å². The van der Waals surface area contributed by atoms with Gasteiger partial charge in [-0.25, -0.2) is 0 Å². The predicted octanol–water partition coefficient (Wildman–Crippen LogP) is 3.44. The molecule has 1 aliphatic rings. The summed E-state index contributed by atoms with van der Waals surface area (Å²) in [7, 11) is 3.30. The van der Waals surface area contributed by atoms with Crippen molar-refractivity contribution in [3.8, 4) is 11.9 Å². The Morgan fingerprint density at radius 1 is 1.37 bits per heavy atom. The number of likely N-dealkylation sites (tertiary alicyclic amines) is 1. The molecule has 0 radical (unpaired) electrons. The Bertz CT molecular complexity index is 487. The van der Waals surface area contributed by atoms with Crippen molar-refractivity contribution in [2.24, 2.45) is 0 Å². The maximum absolute atomic E-state index is 9.35. The van der Waals surface area contributed by atoms with E-state index in [1.54, 1.807) is 19.1 Å². The van der Waals surface area contributed by atoms with Gasteiger partial charge in [-0.2, -0.15) is 5.26 Å². The first-order chi connectivity index (χ1) is 9.21. The first kappa shape index (κ1) is 14.2. The molecule has 102 valence electrons. The van der Waals surface area contributed by atoms with Crippen LogP contribution in [-0.4, -0.2) is 25.3 Å². The number of hydrogen-bond acceptors (Lipinski definition) is 4. The third-order valence-corrected chi connectivity index (χ3v) is 4.14. The summed E-state index contributed by atoms with van der Waals surface area (Å²) in [4.78, 5) is 1.75. The van der Waals surface area contributed by atoms with Crippen LogP contribution in [0.25, 0.3) is 0 Å². The molecular formula is C14H17BrN2O2. The number of piperidine rings is 1. The minimum Gasteiger partial charge on any atom is -0.496 e. The zero-order valence-corrected chi connectivity index (χ0v) is 12.7. The fraction of sp³-hybridized carbons (Fsp3) is 0.500. The number of nitriles is 1. The van der Waals surface area contributed by atoms with Crippen LogP contribution in [0, 0.1) is 11.5 Å². The van der Waals surface area contributed by atoms with E-state index >= 15 is 0 Å². The molecule has 2 rings (SSSR count). The summed E-state index contributed by atoms with van der Waals surface area (Å²) in [6, 6.07) is 6.03. The highest BCUT2D eigenvalue weighted by molar-refractivity contribution is 9.10. The fourth-order valence-electron chi connectivity index (χ4n) is 2.55. The molecule has 1 heterocycles. The van der Waals surface area contributed by atoms with Crippen LogP contribution < -0.4 is 4.74 Å². The highest BCUT2D eigenvalue weighted by Gasteiger charge is 2.31. The molecule has 19 heavy (non-hydrogen) atoms. The van der Waals surface area contributed by atoms with Crippen molar-refractivity contribution in [3.63, 3.8) is 0 Å². The quantitative estimate of drug-likeness (QED) is 0.799. The molecule has 0 bridgehead atoms. The van der Waals surface area contributed by atoms with Gasteiger partial charge in [-0.05, 0) is 52.9 Å². The van der Waals surface area contributed by atoms with Crippen LogP contribution in [0.2, 0.25) is 0 Å². The molecule has 1 aliphatic heterocycles. The molecule has 1 aromatic carbocycles. The largest absolute Gasteiger partial charge is 0.496 e. The van der Waals surface area contributed by atoms with Gasteiger partial charge in [0.2, 0.25) is 0 Å². The number of halogens is 1. The smallest absolute Gasteiger partial charge is 0.182 e.